The molecule has 0 N–H and O–H groups in total. The van der Waals surface area contributed by atoms with E-state index in [9.17, 15) is 0 Å². The van der Waals surface area contributed by atoms with E-state index >= 15 is 0 Å². The lowest BCUT2D eigenvalue weighted by Gasteiger charge is -2.36. The van der Waals surface area contributed by atoms with Gasteiger partial charge in [-0.15, -0.1) is 11.3 Å². The van der Waals surface area contributed by atoms with Crippen LogP contribution < -0.4 is 9.64 Å². The molecule has 0 saturated carbocycles. The second-order valence-electron chi connectivity index (χ2n) is 13.4. The van der Waals surface area contributed by atoms with Crippen molar-refractivity contribution in [3.05, 3.63) is 150 Å². The van der Waals surface area contributed by atoms with Crippen molar-refractivity contribution in [1.29, 1.82) is 0 Å². The number of nitrogens with zero attached hydrogens (tertiary/aromatic N) is 1. The average Bonchev–Trinajstić information content (AvgIpc) is 3.54. The summed E-state index contributed by atoms with van der Waals surface area (Å²) in [7, 11) is 0. The van der Waals surface area contributed by atoms with E-state index in [4.69, 9.17) is 4.74 Å². The average molecular weight is 600 g/mol. The van der Waals surface area contributed by atoms with Crippen LogP contribution in [0.4, 0.5) is 17.1 Å². The molecule has 45 heavy (non-hydrogen) atoms. The molecule has 218 valence electrons. The first-order chi connectivity index (χ1) is 21.8. The van der Waals surface area contributed by atoms with Crippen LogP contribution in [-0.2, 0) is 10.8 Å². The zero-order valence-electron chi connectivity index (χ0n) is 25.9. The molecule has 2 nitrogen and oxygen atoms in total. The molecular weight excluding hydrogens is 567 g/mol. The predicted octanol–water partition coefficient (Wildman–Crippen LogP) is 12.3. The molecule has 0 saturated heterocycles. The first-order valence-electron chi connectivity index (χ1n) is 15.7. The summed E-state index contributed by atoms with van der Waals surface area (Å²) >= 11 is 1.84. The van der Waals surface area contributed by atoms with Gasteiger partial charge >= 0.3 is 0 Å². The summed E-state index contributed by atoms with van der Waals surface area (Å²) in [6, 6.07) is 46.5. The van der Waals surface area contributed by atoms with E-state index in [1.165, 1.54) is 53.6 Å². The zero-order valence-corrected chi connectivity index (χ0v) is 26.7. The standard InChI is InChI=1S/C42H33NOS/c1-41(2)32-16-10-8-14-29(32)30-20-18-27(24-35(30)41)43(26-12-6-5-7-13-26)28-19-21-33-36(25-28)44-40-34(42(33,3)4)22-23-38-39(40)31-15-9-11-17-37(31)45-38/h5-25H,1-4H3. The molecule has 0 radical (unpaired) electrons. The van der Waals surface area contributed by atoms with Crippen molar-refractivity contribution in [2.24, 2.45) is 0 Å². The minimum absolute atomic E-state index is 0.0777. The van der Waals surface area contributed by atoms with Crippen LogP contribution in [0.5, 0.6) is 11.5 Å². The Kier molecular flexibility index (Phi) is 5.50. The molecule has 0 atom stereocenters. The predicted molar refractivity (Wildman–Crippen MR) is 190 cm³/mol. The highest BCUT2D eigenvalue weighted by Crippen LogP contribution is 2.55. The number of thiophene rings is 1. The van der Waals surface area contributed by atoms with Crippen LogP contribution in [0.3, 0.4) is 0 Å². The van der Waals surface area contributed by atoms with Crippen LogP contribution in [-0.4, -0.2) is 0 Å². The van der Waals surface area contributed by atoms with Crippen molar-refractivity contribution in [2.45, 2.75) is 38.5 Å². The Labute approximate surface area is 268 Å². The van der Waals surface area contributed by atoms with Gasteiger partial charge in [-0.2, -0.15) is 0 Å². The van der Waals surface area contributed by atoms with E-state index in [1.54, 1.807) is 0 Å². The van der Waals surface area contributed by atoms with Gasteiger partial charge in [0.2, 0.25) is 0 Å². The molecule has 1 aliphatic carbocycles. The van der Waals surface area contributed by atoms with E-state index in [0.29, 0.717) is 0 Å². The normalized spacial score (nSPS) is 15.2. The molecular formula is C42H33NOS. The highest BCUT2D eigenvalue weighted by Gasteiger charge is 2.38. The highest BCUT2D eigenvalue weighted by atomic mass is 32.1. The summed E-state index contributed by atoms with van der Waals surface area (Å²) in [5, 5.41) is 2.48. The number of anilines is 3. The highest BCUT2D eigenvalue weighted by molar-refractivity contribution is 7.25. The molecule has 0 amide bonds. The summed E-state index contributed by atoms with van der Waals surface area (Å²) in [5.41, 5.74) is 10.9. The molecule has 3 heteroatoms. The van der Waals surface area contributed by atoms with E-state index < -0.39 is 0 Å². The third kappa shape index (κ3) is 3.74. The molecule has 0 bridgehead atoms. The minimum Gasteiger partial charge on any atom is -0.456 e. The Hall–Kier alpha value is -4.86. The Morgan fingerprint density at radius 1 is 0.511 bits per heavy atom. The van der Waals surface area contributed by atoms with Crippen LogP contribution in [0.25, 0.3) is 31.3 Å². The molecule has 6 aromatic carbocycles. The Bertz CT molecular complexity index is 2310. The van der Waals surface area contributed by atoms with Crippen molar-refractivity contribution < 1.29 is 4.74 Å². The Morgan fingerprint density at radius 2 is 1.18 bits per heavy atom. The largest absolute Gasteiger partial charge is 0.456 e. The van der Waals surface area contributed by atoms with E-state index in [2.05, 4.69) is 160 Å². The lowest BCUT2D eigenvalue weighted by molar-refractivity contribution is 0.423. The monoisotopic (exact) mass is 599 g/mol. The summed E-state index contributed by atoms with van der Waals surface area (Å²) in [4.78, 5) is 2.37. The van der Waals surface area contributed by atoms with Crippen molar-refractivity contribution in [3.63, 3.8) is 0 Å². The first kappa shape index (κ1) is 26.5. The fourth-order valence-corrected chi connectivity index (χ4v) is 8.85. The minimum atomic E-state index is -0.209. The molecule has 2 heterocycles. The van der Waals surface area contributed by atoms with Gasteiger partial charge in [0.05, 0.1) is 0 Å². The molecule has 1 aliphatic heterocycles. The van der Waals surface area contributed by atoms with Gasteiger partial charge in [-0.25, -0.2) is 0 Å². The number of para-hydroxylation sites is 1. The first-order valence-corrected chi connectivity index (χ1v) is 16.5. The maximum absolute atomic E-state index is 6.98. The van der Waals surface area contributed by atoms with Crippen LogP contribution >= 0.6 is 11.3 Å². The van der Waals surface area contributed by atoms with Crippen molar-refractivity contribution >= 4 is 48.6 Å². The summed E-state index contributed by atoms with van der Waals surface area (Å²) in [6.45, 7) is 9.33. The van der Waals surface area contributed by atoms with Crippen molar-refractivity contribution in [1.82, 2.24) is 0 Å². The van der Waals surface area contributed by atoms with Gasteiger partial charge in [-0.1, -0.05) is 107 Å². The Balaban J connectivity index is 1.22. The number of hydrogen-bond donors (Lipinski definition) is 0. The smallest absolute Gasteiger partial charge is 0.140 e. The maximum Gasteiger partial charge on any atom is 0.140 e. The van der Waals surface area contributed by atoms with Gasteiger partial charge < -0.3 is 9.64 Å². The molecule has 1 aromatic heterocycles. The third-order valence-corrected chi connectivity index (χ3v) is 11.3. The molecule has 0 fully saturated rings. The number of hydrogen-bond acceptors (Lipinski definition) is 3. The van der Waals surface area contributed by atoms with Crippen LogP contribution in [0.2, 0.25) is 0 Å². The van der Waals surface area contributed by atoms with E-state index in [1.807, 2.05) is 11.3 Å². The van der Waals surface area contributed by atoms with Crippen LogP contribution in [0, 0.1) is 0 Å². The fourth-order valence-electron chi connectivity index (χ4n) is 7.75. The van der Waals surface area contributed by atoms with Gasteiger partial charge in [0.25, 0.3) is 0 Å². The molecule has 9 rings (SSSR count). The molecule has 0 unspecified atom stereocenters. The van der Waals surface area contributed by atoms with Gasteiger partial charge in [0.15, 0.2) is 0 Å². The lowest BCUT2D eigenvalue weighted by atomic mass is 9.75. The molecule has 7 aromatic rings. The molecule has 2 aliphatic rings. The quantitative estimate of drug-likeness (QED) is 0.200. The zero-order chi connectivity index (χ0) is 30.5. The van der Waals surface area contributed by atoms with Crippen LogP contribution in [0.1, 0.15) is 49.9 Å². The number of rotatable bonds is 3. The summed E-state index contributed by atoms with van der Waals surface area (Å²) in [5.74, 6) is 1.91. The van der Waals surface area contributed by atoms with E-state index in [0.717, 1.165) is 28.6 Å². The third-order valence-electron chi connectivity index (χ3n) is 10.1. The van der Waals surface area contributed by atoms with Crippen molar-refractivity contribution in [3.8, 4) is 22.6 Å². The van der Waals surface area contributed by atoms with Crippen molar-refractivity contribution in [2.75, 3.05) is 4.90 Å². The Morgan fingerprint density at radius 3 is 2.04 bits per heavy atom. The maximum atomic E-state index is 6.98. The fraction of sp³-hybridized carbons (Fsp3) is 0.143. The van der Waals surface area contributed by atoms with Gasteiger partial charge in [0, 0.05) is 65.3 Å². The lowest BCUT2D eigenvalue weighted by Crippen LogP contribution is -2.24. The summed E-state index contributed by atoms with van der Waals surface area (Å²) in [6.07, 6.45) is 0. The van der Waals surface area contributed by atoms with Gasteiger partial charge in [-0.3, -0.25) is 0 Å². The molecule has 0 spiro atoms. The number of fused-ring (bicyclic) bond motifs is 9. The second-order valence-corrected chi connectivity index (χ2v) is 14.5. The van der Waals surface area contributed by atoms with Gasteiger partial charge in [0.1, 0.15) is 11.5 Å². The van der Waals surface area contributed by atoms with Crippen LogP contribution in [0.15, 0.2) is 127 Å². The second kappa shape index (κ2) is 9.32. The summed E-state index contributed by atoms with van der Waals surface area (Å²) < 4.78 is 9.54. The topological polar surface area (TPSA) is 12.5 Å². The number of benzene rings is 6. The number of ether oxygens (including phenoxy) is 1. The SMILES string of the molecule is CC1(C)c2ccccc2-c2ccc(N(c3ccccc3)c3ccc4c(c3)Oc3c(ccc5sc6ccccc6c35)C4(C)C)cc21. The van der Waals surface area contributed by atoms with Gasteiger partial charge in [-0.05, 0) is 64.7 Å². The van der Waals surface area contributed by atoms with E-state index in [-0.39, 0.29) is 10.8 Å².